The number of aromatic nitrogens is 3. The Morgan fingerprint density at radius 3 is 2.81 bits per heavy atom. The summed E-state index contributed by atoms with van der Waals surface area (Å²) in [6.45, 7) is 6.73. The van der Waals surface area contributed by atoms with Crippen molar-refractivity contribution < 1.29 is 0 Å². The lowest BCUT2D eigenvalue weighted by atomic mass is 10.0. The summed E-state index contributed by atoms with van der Waals surface area (Å²) in [7, 11) is 2.19. The van der Waals surface area contributed by atoms with Gasteiger partial charge in [0.2, 0.25) is 0 Å². The van der Waals surface area contributed by atoms with Gasteiger partial charge in [0.15, 0.2) is 5.65 Å². The molecule has 142 valence electrons. The van der Waals surface area contributed by atoms with Crippen molar-refractivity contribution in [3.8, 4) is 11.1 Å². The van der Waals surface area contributed by atoms with Gasteiger partial charge in [-0.05, 0) is 38.9 Å². The molecular weight excluding hydrogens is 334 g/mol. The third-order valence-electron chi connectivity index (χ3n) is 5.66. The Morgan fingerprint density at radius 1 is 1.15 bits per heavy atom. The lowest BCUT2D eigenvalue weighted by Crippen LogP contribution is -2.41. The third-order valence-corrected chi connectivity index (χ3v) is 5.66. The summed E-state index contributed by atoms with van der Waals surface area (Å²) < 4.78 is 1.90. The number of hydrogen-bond donors (Lipinski definition) is 0. The van der Waals surface area contributed by atoms with Crippen LogP contribution in [-0.4, -0.2) is 57.1 Å². The summed E-state index contributed by atoms with van der Waals surface area (Å²) in [5, 5.41) is 4.52. The number of nitrogens with zero attached hydrogens (tertiary/aromatic N) is 5. The highest BCUT2D eigenvalue weighted by atomic mass is 15.2. The van der Waals surface area contributed by atoms with Crippen LogP contribution in [0.15, 0.2) is 48.9 Å². The van der Waals surface area contributed by atoms with Gasteiger partial charge in [-0.2, -0.15) is 5.10 Å². The van der Waals surface area contributed by atoms with Crippen molar-refractivity contribution in [2.75, 3.05) is 26.7 Å². The molecule has 5 nitrogen and oxygen atoms in total. The van der Waals surface area contributed by atoms with Crippen molar-refractivity contribution in [3.63, 3.8) is 0 Å². The minimum absolute atomic E-state index is 0.727. The molecule has 0 saturated carbocycles. The van der Waals surface area contributed by atoms with Gasteiger partial charge in [0.1, 0.15) is 0 Å². The van der Waals surface area contributed by atoms with E-state index in [4.69, 9.17) is 4.98 Å². The summed E-state index contributed by atoms with van der Waals surface area (Å²) in [6, 6.07) is 11.0. The zero-order valence-corrected chi connectivity index (χ0v) is 16.4. The molecule has 1 aliphatic heterocycles. The van der Waals surface area contributed by atoms with Gasteiger partial charge in [0.25, 0.3) is 0 Å². The molecule has 27 heavy (non-hydrogen) atoms. The standard InChI is InChI=1S/C22H29N5/c1-18-8-6-7-11-26(18)13-12-25(2)16-19-14-23-22-21(15-24-27(22)17-19)20-9-4-3-5-10-20/h3-5,9-10,14-15,17-18H,6-8,11-13,16H2,1-2H3/t18-/m1/s1. The molecule has 0 bridgehead atoms. The molecule has 1 atom stereocenters. The number of rotatable bonds is 6. The van der Waals surface area contributed by atoms with Crippen LogP contribution in [0.2, 0.25) is 0 Å². The van der Waals surface area contributed by atoms with Crippen molar-refractivity contribution in [1.82, 2.24) is 24.4 Å². The van der Waals surface area contributed by atoms with E-state index in [0.717, 1.165) is 42.5 Å². The van der Waals surface area contributed by atoms with Crippen LogP contribution in [0.1, 0.15) is 31.7 Å². The van der Waals surface area contributed by atoms with E-state index in [-0.39, 0.29) is 0 Å². The Labute approximate surface area is 161 Å². The van der Waals surface area contributed by atoms with Gasteiger partial charge in [-0.15, -0.1) is 0 Å². The van der Waals surface area contributed by atoms with Crippen molar-refractivity contribution in [2.45, 2.75) is 38.8 Å². The Balaban J connectivity index is 1.40. The molecule has 3 heterocycles. The first-order chi connectivity index (χ1) is 13.2. The number of likely N-dealkylation sites (N-methyl/N-ethyl adjacent to an activating group) is 1. The second-order valence-electron chi connectivity index (χ2n) is 7.77. The van der Waals surface area contributed by atoms with E-state index in [1.165, 1.54) is 31.4 Å². The molecular formula is C22H29N5. The highest BCUT2D eigenvalue weighted by Gasteiger charge is 2.18. The molecule has 1 aliphatic rings. The molecule has 1 saturated heterocycles. The van der Waals surface area contributed by atoms with E-state index >= 15 is 0 Å². The van der Waals surface area contributed by atoms with Gasteiger partial charge in [0, 0.05) is 49.2 Å². The molecule has 0 aliphatic carbocycles. The summed E-state index contributed by atoms with van der Waals surface area (Å²) in [6.07, 6.45) is 10.1. The summed E-state index contributed by atoms with van der Waals surface area (Å²) in [5.74, 6) is 0. The van der Waals surface area contributed by atoms with Crippen LogP contribution < -0.4 is 0 Å². The van der Waals surface area contributed by atoms with Crippen molar-refractivity contribution in [2.24, 2.45) is 0 Å². The summed E-state index contributed by atoms with van der Waals surface area (Å²) >= 11 is 0. The van der Waals surface area contributed by atoms with Crippen molar-refractivity contribution in [1.29, 1.82) is 0 Å². The van der Waals surface area contributed by atoms with Crippen LogP contribution in [0.3, 0.4) is 0 Å². The van der Waals surface area contributed by atoms with Crippen LogP contribution in [0.5, 0.6) is 0 Å². The number of piperidine rings is 1. The van der Waals surface area contributed by atoms with E-state index < -0.39 is 0 Å². The van der Waals surface area contributed by atoms with Crippen LogP contribution in [-0.2, 0) is 6.54 Å². The maximum atomic E-state index is 4.70. The van der Waals surface area contributed by atoms with Gasteiger partial charge in [-0.25, -0.2) is 9.50 Å². The molecule has 4 rings (SSSR count). The average molecular weight is 364 g/mol. The average Bonchev–Trinajstić information content (AvgIpc) is 3.11. The topological polar surface area (TPSA) is 36.7 Å². The van der Waals surface area contributed by atoms with E-state index in [1.54, 1.807) is 0 Å². The monoisotopic (exact) mass is 363 g/mol. The van der Waals surface area contributed by atoms with Crippen LogP contribution in [0, 0.1) is 0 Å². The van der Waals surface area contributed by atoms with E-state index in [2.05, 4.69) is 47.2 Å². The second-order valence-corrected chi connectivity index (χ2v) is 7.77. The highest BCUT2D eigenvalue weighted by Crippen LogP contribution is 2.23. The molecule has 0 radical (unpaired) electrons. The van der Waals surface area contributed by atoms with E-state index in [1.807, 2.05) is 35.1 Å². The first-order valence-electron chi connectivity index (χ1n) is 10.0. The lowest BCUT2D eigenvalue weighted by Gasteiger charge is -2.34. The number of benzene rings is 1. The van der Waals surface area contributed by atoms with Crippen LogP contribution in [0.25, 0.3) is 16.8 Å². The first-order valence-corrected chi connectivity index (χ1v) is 10.0. The molecule has 1 fully saturated rings. The molecule has 0 N–H and O–H groups in total. The fourth-order valence-electron chi connectivity index (χ4n) is 4.00. The Bertz CT molecular complexity index is 873. The summed E-state index contributed by atoms with van der Waals surface area (Å²) in [4.78, 5) is 9.70. The largest absolute Gasteiger partial charge is 0.301 e. The van der Waals surface area contributed by atoms with Gasteiger partial charge in [0.05, 0.1) is 6.20 Å². The Morgan fingerprint density at radius 2 is 2.00 bits per heavy atom. The SMILES string of the molecule is C[C@@H]1CCCCN1CCN(C)Cc1cnc2c(-c3ccccc3)cnn2c1. The smallest absolute Gasteiger partial charge is 0.162 e. The third kappa shape index (κ3) is 4.20. The predicted octanol–water partition coefficient (Wildman–Crippen LogP) is 3.70. The van der Waals surface area contributed by atoms with Crippen molar-refractivity contribution >= 4 is 5.65 Å². The van der Waals surface area contributed by atoms with Gasteiger partial charge in [-0.3, -0.25) is 4.90 Å². The van der Waals surface area contributed by atoms with Gasteiger partial charge < -0.3 is 4.90 Å². The fraction of sp³-hybridized carbons (Fsp3) is 0.455. The molecule has 3 aromatic rings. The second kappa shape index (κ2) is 8.19. The van der Waals surface area contributed by atoms with Crippen molar-refractivity contribution in [3.05, 3.63) is 54.5 Å². The predicted molar refractivity (Wildman–Crippen MR) is 110 cm³/mol. The quantitative estimate of drug-likeness (QED) is 0.669. The molecule has 5 heteroatoms. The van der Waals surface area contributed by atoms with Gasteiger partial charge >= 0.3 is 0 Å². The maximum absolute atomic E-state index is 4.70. The zero-order valence-electron chi connectivity index (χ0n) is 16.4. The first kappa shape index (κ1) is 18.1. The minimum atomic E-state index is 0.727. The maximum Gasteiger partial charge on any atom is 0.162 e. The lowest BCUT2D eigenvalue weighted by molar-refractivity contribution is 0.141. The molecule has 1 aromatic carbocycles. The molecule has 0 unspecified atom stereocenters. The van der Waals surface area contributed by atoms with Crippen LogP contribution in [0.4, 0.5) is 0 Å². The number of likely N-dealkylation sites (tertiary alicyclic amines) is 1. The molecule has 0 amide bonds. The number of hydrogen-bond acceptors (Lipinski definition) is 4. The van der Waals surface area contributed by atoms with E-state index in [0.29, 0.717) is 0 Å². The van der Waals surface area contributed by atoms with Gasteiger partial charge in [-0.1, -0.05) is 36.8 Å². The summed E-state index contributed by atoms with van der Waals surface area (Å²) in [5.41, 5.74) is 4.34. The van der Waals surface area contributed by atoms with Crippen LogP contribution >= 0.6 is 0 Å². The fourth-order valence-corrected chi connectivity index (χ4v) is 4.00. The zero-order chi connectivity index (χ0) is 18.6. The normalized spacial score (nSPS) is 18.4. The number of fused-ring (bicyclic) bond motifs is 1. The molecule has 0 spiro atoms. The molecule has 2 aromatic heterocycles. The van der Waals surface area contributed by atoms with E-state index in [9.17, 15) is 0 Å². The highest BCUT2D eigenvalue weighted by molar-refractivity contribution is 5.76. The minimum Gasteiger partial charge on any atom is -0.301 e. The Kier molecular flexibility index (Phi) is 5.50. The Hall–Kier alpha value is -2.24.